The molecule has 3 N–H and O–H groups in total. The summed E-state index contributed by atoms with van der Waals surface area (Å²) in [5.74, 6) is 2.10. The molecule has 4 rings (SSSR count). The van der Waals surface area contributed by atoms with E-state index in [-0.39, 0.29) is 41.4 Å². The summed E-state index contributed by atoms with van der Waals surface area (Å²) in [6, 6.07) is 0. The third kappa shape index (κ3) is 4.81. The quantitative estimate of drug-likeness (QED) is 0.463. The van der Waals surface area contributed by atoms with Crippen LogP contribution in [0.1, 0.15) is 85.0 Å². The Bertz CT molecular complexity index is 863. The number of carbonyl (C=O) groups excluding carboxylic acids is 1. The molecule has 34 heavy (non-hydrogen) atoms. The molecule has 0 radical (unpaired) electrons. The van der Waals surface area contributed by atoms with Crippen LogP contribution in [0.4, 0.5) is 0 Å². The van der Waals surface area contributed by atoms with Crippen molar-refractivity contribution < 1.29 is 28.0 Å². The minimum Gasteiger partial charge on any atom is -0.748 e. The minimum atomic E-state index is -4.32. The SMILES string of the molecule is CC(CCC(=O)NCCS(=O)(=O)[O-])C1CCC2C3CCC4CC(O)CCC4(C)C3CC(O)C12C. The fraction of sp³-hybridized carbons (Fsp3) is 0.962. The molecule has 4 saturated carbocycles. The van der Waals surface area contributed by atoms with E-state index in [9.17, 15) is 28.0 Å². The van der Waals surface area contributed by atoms with Gasteiger partial charge in [0.1, 0.15) is 0 Å². The Kier molecular flexibility index (Phi) is 7.47. The van der Waals surface area contributed by atoms with E-state index < -0.39 is 15.9 Å². The molecule has 0 aromatic heterocycles. The number of amides is 1. The number of aliphatic hydroxyl groups is 2. The van der Waals surface area contributed by atoms with Gasteiger partial charge in [-0.1, -0.05) is 20.8 Å². The van der Waals surface area contributed by atoms with E-state index >= 15 is 0 Å². The number of hydrogen-bond donors (Lipinski definition) is 3. The zero-order valence-corrected chi connectivity index (χ0v) is 21.9. The van der Waals surface area contributed by atoms with E-state index in [4.69, 9.17) is 0 Å². The van der Waals surface area contributed by atoms with Gasteiger partial charge < -0.3 is 20.1 Å². The standard InChI is InChI=1S/C26H45NO6S/c1-16(4-9-24(30)27-12-13-34(31,32)33)20-7-8-21-19-6-5-17-14-18(28)10-11-25(17,2)22(19)15-23(29)26(20,21)3/h16-23,28-29H,4-15H2,1-3H3,(H,27,30)(H,31,32,33)/p-1. The Balaban J connectivity index is 1.40. The maximum Gasteiger partial charge on any atom is 0.220 e. The molecular formula is C26H44NO6S-. The summed E-state index contributed by atoms with van der Waals surface area (Å²) >= 11 is 0. The number of aliphatic hydroxyl groups excluding tert-OH is 2. The highest BCUT2D eigenvalue weighted by Gasteiger charge is 2.63. The molecule has 4 aliphatic rings. The average molecular weight is 499 g/mol. The van der Waals surface area contributed by atoms with Crippen molar-refractivity contribution >= 4 is 16.0 Å². The van der Waals surface area contributed by atoms with Crippen molar-refractivity contribution in [3.63, 3.8) is 0 Å². The van der Waals surface area contributed by atoms with Crippen molar-refractivity contribution in [3.05, 3.63) is 0 Å². The molecule has 4 fully saturated rings. The lowest BCUT2D eigenvalue weighted by Gasteiger charge is -2.62. The van der Waals surface area contributed by atoms with Gasteiger partial charge in [-0.25, -0.2) is 8.42 Å². The van der Waals surface area contributed by atoms with Crippen LogP contribution in [0.25, 0.3) is 0 Å². The summed E-state index contributed by atoms with van der Waals surface area (Å²) in [6.07, 6.45) is 8.85. The highest BCUT2D eigenvalue weighted by molar-refractivity contribution is 7.85. The molecule has 0 bridgehead atoms. The predicted octanol–water partition coefficient (Wildman–Crippen LogP) is 3.05. The Morgan fingerprint density at radius 1 is 1.09 bits per heavy atom. The van der Waals surface area contributed by atoms with Crippen LogP contribution in [0.3, 0.4) is 0 Å². The van der Waals surface area contributed by atoms with E-state index in [2.05, 4.69) is 26.1 Å². The normalized spacial score (nSPS) is 45.1. The van der Waals surface area contributed by atoms with Gasteiger partial charge in [-0.2, -0.15) is 0 Å². The van der Waals surface area contributed by atoms with Gasteiger partial charge >= 0.3 is 0 Å². The van der Waals surface area contributed by atoms with E-state index in [0.717, 1.165) is 38.5 Å². The smallest absolute Gasteiger partial charge is 0.220 e. The van der Waals surface area contributed by atoms with Crippen molar-refractivity contribution in [2.75, 3.05) is 12.3 Å². The lowest BCUT2D eigenvalue weighted by Crippen LogP contribution is -2.58. The molecular weight excluding hydrogens is 454 g/mol. The molecule has 7 nitrogen and oxygen atoms in total. The Morgan fingerprint density at radius 3 is 2.53 bits per heavy atom. The third-order valence-corrected chi connectivity index (χ3v) is 11.7. The van der Waals surface area contributed by atoms with E-state index in [1.165, 1.54) is 12.8 Å². The second-order valence-electron chi connectivity index (χ2n) is 12.5. The highest BCUT2D eigenvalue weighted by atomic mass is 32.2. The van der Waals surface area contributed by atoms with Crippen LogP contribution in [0, 0.1) is 46.3 Å². The molecule has 0 heterocycles. The van der Waals surface area contributed by atoms with Crippen molar-refractivity contribution in [1.82, 2.24) is 5.32 Å². The number of fused-ring (bicyclic) bond motifs is 5. The fourth-order valence-electron chi connectivity index (χ4n) is 9.12. The van der Waals surface area contributed by atoms with Gasteiger partial charge in [0.25, 0.3) is 0 Å². The van der Waals surface area contributed by atoms with Crippen LogP contribution >= 0.6 is 0 Å². The van der Waals surface area contributed by atoms with Crippen molar-refractivity contribution in [1.29, 1.82) is 0 Å². The van der Waals surface area contributed by atoms with Crippen LogP contribution in [0.5, 0.6) is 0 Å². The van der Waals surface area contributed by atoms with Gasteiger partial charge in [-0.15, -0.1) is 0 Å². The molecule has 1 amide bonds. The Labute approximate surface area is 205 Å². The molecule has 0 aliphatic heterocycles. The number of carbonyl (C=O) groups is 1. The summed E-state index contributed by atoms with van der Waals surface area (Å²) in [7, 11) is -4.32. The minimum absolute atomic E-state index is 0.134. The van der Waals surface area contributed by atoms with Gasteiger partial charge in [0.2, 0.25) is 5.91 Å². The van der Waals surface area contributed by atoms with Crippen molar-refractivity contribution in [2.45, 2.75) is 97.2 Å². The van der Waals surface area contributed by atoms with Gasteiger partial charge in [-0.3, -0.25) is 4.79 Å². The van der Waals surface area contributed by atoms with Crippen molar-refractivity contribution in [3.8, 4) is 0 Å². The summed E-state index contributed by atoms with van der Waals surface area (Å²) in [5.41, 5.74) is 0.0922. The lowest BCUT2D eigenvalue weighted by atomic mass is 9.43. The molecule has 10 unspecified atom stereocenters. The van der Waals surface area contributed by atoms with Crippen LogP contribution in [0.2, 0.25) is 0 Å². The summed E-state index contributed by atoms with van der Waals surface area (Å²) < 4.78 is 32.2. The topological polar surface area (TPSA) is 127 Å². The van der Waals surface area contributed by atoms with Gasteiger partial charge in [0.05, 0.1) is 28.1 Å². The molecule has 196 valence electrons. The van der Waals surface area contributed by atoms with Gasteiger partial charge in [0.15, 0.2) is 0 Å². The van der Waals surface area contributed by atoms with Gasteiger partial charge in [0, 0.05) is 13.0 Å². The summed E-state index contributed by atoms with van der Waals surface area (Å²) in [5, 5.41) is 24.4. The van der Waals surface area contributed by atoms with Crippen molar-refractivity contribution in [2.24, 2.45) is 46.3 Å². The molecule has 8 heteroatoms. The average Bonchev–Trinajstić information content (AvgIpc) is 3.11. The predicted molar refractivity (Wildman–Crippen MR) is 129 cm³/mol. The first-order valence-electron chi connectivity index (χ1n) is 13.4. The lowest BCUT2D eigenvalue weighted by molar-refractivity contribution is -0.174. The number of nitrogens with one attached hydrogen (secondary N) is 1. The molecule has 10 atom stereocenters. The summed E-state index contributed by atoms with van der Waals surface area (Å²) in [6.45, 7) is 6.78. The van der Waals surface area contributed by atoms with Crippen LogP contribution in [-0.4, -0.2) is 53.6 Å². The maximum atomic E-state index is 12.2. The van der Waals surface area contributed by atoms with Crippen LogP contribution in [0.15, 0.2) is 0 Å². The third-order valence-electron chi connectivity index (χ3n) is 11.0. The number of rotatable bonds is 7. The first-order valence-corrected chi connectivity index (χ1v) is 15.0. The van der Waals surface area contributed by atoms with E-state index in [1.807, 2.05) is 0 Å². The van der Waals surface area contributed by atoms with Gasteiger partial charge in [-0.05, 0) is 104 Å². The molecule has 4 aliphatic carbocycles. The Hall–Kier alpha value is -0.700. The second-order valence-corrected chi connectivity index (χ2v) is 14.0. The zero-order valence-electron chi connectivity index (χ0n) is 21.0. The highest BCUT2D eigenvalue weighted by Crippen LogP contribution is 2.68. The molecule has 0 saturated heterocycles. The monoisotopic (exact) mass is 498 g/mol. The maximum absolute atomic E-state index is 12.2. The largest absolute Gasteiger partial charge is 0.748 e. The summed E-state index contributed by atoms with van der Waals surface area (Å²) in [4.78, 5) is 12.2. The Morgan fingerprint density at radius 2 is 1.82 bits per heavy atom. The molecule has 0 spiro atoms. The second kappa shape index (κ2) is 9.64. The van der Waals surface area contributed by atoms with Crippen LogP contribution in [-0.2, 0) is 14.9 Å². The molecule has 0 aromatic rings. The van der Waals surface area contributed by atoms with Crippen LogP contribution < -0.4 is 5.32 Å². The fourth-order valence-corrected chi connectivity index (χ4v) is 9.48. The first kappa shape index (κ1) is 26.4. The van der Waals surface area contributed by atoms with E-state index in [1.54, 1.807) is 0 Å². The first-order chi connectivity index (χ1) is 15.9. The van der Waals surface area contributed by atoms with E-state index in [0.29, 0.717) is 42.4 Å². The molecule has 0 aromatic carbocycles. The zero-order chi connectivity index (χ0) is 24.9. The number of hydrogen-bond acceptors (Lipinski definition) is 6.